The quantitative estimate of drug-likeness (QED) is 0.241. The lowest BCUT2D eigenvalue weighted by Crippen LogP contribution is -2.33. The van der Waals surface area contributed by atoms with Gasteiger partial charge in [0, 0.05) is 6.92 Å². The normalized spacial score (nSPS) is 15.0. The minimum absolute atomic E-state index is 0.273. The van der Waals surface area contributed by atoms with Gasteiger partial charge in [-0.25, -0.2) is 0 Å². The molecule has 0 saturated carbocycles. The van der Waals surface area contributed by atoms with Crippen molar-refractivity contribution in [1.82, 2.24) is 5.32 Å². The predicted octanol–water partition coefficient (Wildman–Crippen LogP) is 0.401. The molecule has 1 N–H and O–H groups in total. The molecule has 0 spiro atoms. The zero-order valence-electron chi connectivity index (χ0n) is 17.2. The lowest BCUT2D eigenvalue weighted by molar-refractivity contribution is -0.142. The average Bonchev–Trinajstić information content (AvgIpc) is 2.70. The van der Waals surface area contributed by atoms with Crippen LogP contribution in [0.15, 0.2) is 0 Å². The summed E-state index contributed by atoms with van der Waals surface area (Å²) >= 11 is 0. The van der Waals surface area contributed by atoms with Crippen LogP contribution >= 0.6 is 0 Å². The van der Waals surface area contributed by atoms with Crippen molar-refractivity contribution in [2.45, 2.75) is 25.9 Å². The molecule has 0 aromatic heterocycles. The summed E-state index contributed by atoms with van der Waals surface area (Å²) in [5.41, 5.74) is 0. The van der Waals surface area contributed by atoms with E-state index < -0.39 is 0 Å². The molecule has 0 atom stereocenters. The van der Waals surface area contributed by atoms with Crippen molar-refractivity contribution >= 4 is 5.97 Å². The third kappa shape index (κ3) is 17.3. The molecule has 0 aromatic carbocycles. The van der Waals surface area contributed by atoms with Crippen molar-refractivity contribution in [3.63, 3.8) is 0 Å². The van der Waals surface area contributed by atoms with Crippen LogP contribution in [0.5, 0.6) is 0 Å². The fourth-order valence-electron chi connectivity index (χ4n) is 2.46. The summed E-state index contributed by atoms with van der Waals surface area (Å²) in [6.07, 6.45) is 2.54. The molecule has 166 valence electrons. The lowest BCUT2D eigenvalue weighted by atomic mass is 10.1. The van der Waals surface area contributed by atoms with E-state index in [0.717, 1.165) is 25.9 Å². The number of esters is 1. The predicted molar refractivity (Wildman–Crippen MR) is 103 cm³/mol. The van der Waals surface area contributed by atoms with E-state index in [-0.39, 0.29) is 12.6 Å². The molecule has 1 rings (SSSR count). The molecule has 9 nitrogen and oxygen atoms in total. The highest BCUT2D eigenvalue weighted by Gasteiger charge is 2.12. The second-order valence-electron chi connectivity index (χ2n) is 6.22. The first-order chi connectivity index (χ1) is 13.8. The molecular weight excluding hydrogens is 370 g/mol. The molecule has 28 heavy (non-hydrogen) atoms. The number of ether oxygens (including phenoxy) is 7. The number of carbonyl (C=O) groups excluding carboxylic acids is 1. The number of piperidine rings is 1. The van der Waals surface area contributed by atoms with Crippen LogP contribution in [0.3, 0.4) is 0 Å². The first kappa shape index (κ1) is 25.2. The minimum Gasteiger partial charge on any atom is -0.463 e. The highest BCUT2D eigenvalue weighted by Crippen LogP contribution is 2.06. The molecule has 1 aliphatic rings. The Labute approximate surface area is 168 Å². The highest BCUT2D eigenvalue weighted by atomic mass is 16.6. The van der Waals surface area contributed by atoms with E-state index >= 15 is 0 Å². The van der Waals surface area contributed by atoms with Gasteiger partial charge in [0.1, 0.15) is 6.61 Å². The molecule has 1 heterocycles. The van der Waals surface area contributed by atoms with Gasteiger partial charge in [-0.15, -0.1) is 0 Å². The summed E-state index contributed by atoms with van der Waals surface area (Å²) in [6.45, 7) is 9.52. The number of hydrogen-bond acceptors (Lipinski definition) is 9. The van der Waals surface area contributed by atoms with Crippen molar-refractivity contribution in [1.29, 1.82) is 0 Å². The Morgan fingerprint density at radius 2 is 1.07 bits per heavy atom. The van der Waals surface area contributed by atoms with Gasteiger partial charge in [0.2, 0.25) is 0 Å². The van der Waals surface area contributed by atoms with E-state index in [9.17, 15) is 4.79 Å². The van der Waals surface area contributed by atoms with Gasteiger partial charge in [0.05, 0.1) is 78.8 Å². The molecule has 0 bridgehead atoms. The molecule has 1 fully saturated rings. The Morgan fingerprint density at radius 3 is 1.50 bits per heavy atom. The SMILES string of the molecule is CC(=O)OCCOCCOCCOCCOCCOCCOC1CCNCC1. The van der Waals surface area contributed by atoms with Crippen molar-refractivity contribution in [3.05, 3.63) is 0 Å². The van der Waals surface area contributed by atoms with Crippen molar-refractivity contribution in [2.24, 2.45) is 0 Å². The minimum atomic E-state index is -0.300. The molecule has 0 aromatic rings. The van der Waals surface area contributed by atoms with Gasteiger partial charge in [-0.3, -0.25) is 4.79 Å². The van der Waals surface area contributed by atoms with Crippen LogP contribution in [-0.2, 0) is 38.0 Å². The van der Waals surface area contributed by atoms with Crippen molar-refractivity contribution in [2.75, 3.05) is 92.4 Å². The average molecular weight is 408 g/mol. The van der Waals surface area contributed by atoms with Gasteiger partial charge < -0.3 is 38.5 Å². The summed E-state index contributed by atoms with van der Waals surface area (Å²) in [7, 11) is 0. The molecule has 1 aliphatic heterocycles. The monoisotopic (exact) mass is 407 g/mol. The van der Waals surface area contributed by atoms with Crippen molar-refractivity contribution < 1.29 is 38.0 Å². The molecule has 0 radical (unpaired) electrons. The van der Waals surface area contributed by atoms with Gasteiger partial charge in [-0.05, 0) is 25.9 Å². The van der Waals surface area contributed by atoms with E-state index in [1.54, 1.807) is 0 Å². The molecule has 1 saturated heterocycles. The standard InChI is InChI=1S/C19H37NO8/c1-18(21)27-16-14-25-12-10-23-8-6-22-7-9-24-11-13-26-15-17-28-19-2-4-20-5-3-19/h19-20H,2-17H2,1H3. The Kier molecular flexibility index (Phi) is 17.6. The van der Waals surface area contributed by atoms with Gasteiger partial charge in [0.25, 0.3) is 0 Å². The first-order valence-electron chi connectivity index (χ1n) is 10.1. The van der Waals surface area contributed by atoms with E-state index in [4.69, 9.17) is 33.2 Å². The first-order valence-corrected chi connectivity index (χ1v) is 10.1. The molecule has 0 amide bonds. The Balaban J connectivity index is 1.65. The van der Waals surface area contributed by atoms with Crippen LogP contribution < -0.4 is 5.32 Å². The Bertz CT molecular complexity index is 353. The zero-order chi connectivity index (χ0) is 20.1. The van der Waals surface area contributed by atoms with Crippen molar-refractivity contribution in [3.8, 4) is 0 Å². The van der Waals surface area contributed by atoms with Crippen LogP contribution in [-0.4, -0.2) is 104 Å². The van der Waals surface area contributed by atoms with Gasteiger partial charge in [0.15, 0.2) is 0 Å². The summed E-state index contributed by atoms with van der Waals surface area (Å²) in [5, 5.41) is 3.32. The summed E-state index contributed by atoms with van der Waals surface area (Å²) in [5.74, 6) is -0.300. The largest absolute Gasteiger partial charge is 0.463 e. The smallest absolute Gasteiger partial charge is 0.302 e. The van der Waals surface area contributed by atoms with E-state index in [1.165, 1.54) is 6.92 Å². The molecular formula is C19H37NO8. The Hall–Kier alpha value is -0.810. The van der Waals surface area contributed by atoms with E-state index in [1.807, 2.05) is 0 Å². The fourth-order valence-corrected chi connectivity index (χ4v) is 2.46. The topological polar surface area (TPSA) is 93.7 Å². The maximum atomic E-state index is 10.5. The van der Waals surface area contributed by atoms with Gasteiger partial charge in [-0.2, -0.15) is 0 Å². The number of carbonyl (C=O) groups is 1. The second-order valence-corrected chi connectivity index (χ2v) is 6.22. The molecule has 9 heteroatoms. The van der Waals surface area contributed by atoms with Crippen LogP contribution in [0.4, 0.5) is 0 Å². The Morgan fingerprint density at radius 1 is 0.679 bits per heavy atom. The number of rotatable bonds is 19. The molecule has 0 aliphatic carbocycles. The third-order valence-corrected chi connectivity index (χ3v) is 3.89. The van der Waals surface area contributed by atoms with Crippen LogP contribution in [0.2, 0.25) is 0 Å². The molecule has 0 unspecified atom stereocenters. The van der Waals surface area contributed by atoms with Crippen LogP contribution in [0, 0.1) is 0 Å². The third-order valence-electron chi connectivity index (χ3n) is 3.89. The highest BCUT2D eigenvalue weighted by molar-refractivity contribution is 5.65. The summed E-state index contributed by atoms with van der Waals surface area (Å²) in [4.78, 5) is 10.5. The van der Waals surface area contributed by atoms with Crippen LogP contribution in [0.25, 0.3) is 0 Å². The maximum Gasteiger partial charge on any atom is 0.302 e. The fraction of sp³-hybridized carbons (Fsp3) is 0.947. The summed E-state index contributed by atoms with van der Waals surface area (Å²) < 4.78 is 37.4. The van der Waals surface area contributed by atoms with E-state index in [0.29, 0.717) is 78.8 Å². The van der Waals surface area contributed by atoms with Gasteiger partial charge >= 0.3 is 5.97 Å². The number of hydrogen-bond donors (Lipinski definition) is 1. The number of nitrogens with one attached hydrogen (secondary N) is 1. The van der Waals surface area contributed by atoms with Gasteiger partial charge in [-0.1, -0.05) is 0 Å². The van der Waals surface area contributed by atoms with Crippen LogP contribution in [0.1, 0.15) is 19.8 Å². The lowest BCUT2D eigenvalue weighted by Gasteiger charge is -2.22. The summed E-state index contributed by atoms with van der Waals surface area (Å²) in [6, 6.07) is 0. The zero-order valence-corrected chi connectivity index (χ0v) is 17.2. The maximum absolute atomic E-state index is 10.5. The van der Waals surface area contributed by atoms with E-state index in [2.05, 4.69) is 5.32 Å². The second kappa shape index (κ2) is 19.5.